The van der Waals surface area contributed by atoms with Crippen molar-refractivity contribution in [1.82, 2.24) is 10.2 Å². The molecule has 0 aliphatic heterocycles. The highest BCUT2D eigenvalue weighted by Gasteiger charge is 2.09. The normalized spacial score (nSPS) is 10.2. The van der Waals surface area contributed by atoms with E-state index in [2.05, 4.69) is 26.9 Å². The maximum absolute atomic E-state index is 12.3. The second-order valence-electron chi connectivity index (χ2n) is 6.27. The Morgan fingerprint density at radius 3 is 2.46 bits per heavy atom. The highest BCUT2D eigenvalue weighted by atomic mass is 16.5. The standard InChI is InChI=1S/C21H19N5O2/c1-14(2)28-18-8-6-16(7-9-18)24-21(27)19-10-11-20(26-25-19)23-17-5-3-4-15(12-17)13-22/h3-12,14H,1-2H3,(H,23,26)(H,24,27). The van der Waals surface area contributed by atoms with Crippen LogP contribution in [0.15, 0.2) is 60.7 Å². The van der Waals surface area contributed by atoms with Crippen molar-refractivity contribution < 1.29 is 9.53 Å². The van der Waals surface area contributed by atoms with Gasteiger partial charge in [-0.2, -0.15) is 5.26 Å². The number of aromatic nitrogens is 2. The second-order valence-corrected chi connectivity index (χ2v) is 6.27. The van der Waals surface area contributed by atoms with E-state index >= 15 is 0 Å². The van der Waals surface area contributed by atoms with Gasteiger partial charge in [0.05, 0.1) is 17.7 Å². The Balaban J connectivity index is 1.62. The molecular formula is C21H19N5O2. The Hall–Kier alpha value is -3.92. The Morgan fingerprint density at radius 2 is 1.82 bits per heavy atom. The van der Waals surface area contributed by atoms with E-state index in [-0.39, 0.29) is 17.7 Å². The fraction of sp³-hybridized carbons (Fsp3) is 0.143. The van der Waals surface area contributed by atoms with Crippen molar-refractivity contribution in [3.63, 3.8) is 0 Å². The number of hydrogen-bond acceptors (Lipinski definition) is 6. The summed E-state index contributed by atoms with van der Waals surface area (Å²) in [6.45, 7) is 3.90. The molecule has 0 saturated heterocycles. The molecule has 28 heavy (non-hydrogen) atoms. The molecule has 7 heteroatoms. The lowest BCUT2D eigenvalue weighted by molar-refractivity contribution is 0.102. The number of hydrogen-bond donors (Lipinski definition) is 2. The topological polar surface area (TPSA) is 99.9 Å². The third-order valence-corrected chi connectivity index (χ3v) is 3.65. The summed E-state index contributed by atoms with van der Waals surface area (Å²) in [5, 5.41) is 22.7. The van der Waals surface area contributed by atoms with E-state index in [1.54, 1.807) is 54.6 Å². The number of benzene rings is 2. The Morgan fingerprint density at radius 1 is 1.04 bits per heavy atom. The molecule has 0 radical (unpaired) electrons. The molecule has 1 amide bonds. The van der Waals surface area contributed by atoms with Crippen LogP contribution in [-0.4, -0.2) is 22.2 Å². The van der Waals surface area contributed by atoms with Crippen LogP contribution in [-0.2, 0) is 0 Å². The van der Waals surface area contributed by atoms with Crippen LogP contribution in [0.25, 0.3) is 0 Å². The van der Waals surface area contributed by atoms with Gasteiger partial charge in [-0.15, -0.1) is 10.2 Å². The third-order valence-electron chi connectivity index (χ3n) is 3.65. The molecule has 3 aromatic rings. The van der Waals surface area contributed by atoms with E-state index in [0.29, 0.717) is 22.8 Å². The van der Waals surface area contributed by atoms with Crippen LogP contribution in [0, 0.1) is 11.3 Å². The van der Waals surface area contributed by atoms with Gasteiger partial charge in [-0.25, -0.2) is 0 Å². The van der Waals surface area contributed by atoms with Crippen molar-refractivity contribution in [3.8, 4) is 11.8 Å². The summed E-state index contributed by atoms with van der Waals surface area (Å²) < 4.78 is 5.58. The van der Waals surface area contributed by atoms with E-state index < -0.39 is 0 Å². The number of rotatable bonds is 6. The highest BCUT2D eigenvalue weighted by Crippen LogP contribution is 2.18. The van der Waals surface area contributed by atoms with Crippen LogP contribution in [0.5, 0.6) is 5.75 Å². The largest absolute Gasteiger partial charge is 0.491 e. The summed E-state index contributed by atoms with van der Waals surface area (Å²) in [6, 6.07) is 19.4. The van der Waals surface area contributed by atoms with Crippen LogP contribution in [0.2, 0.25) is 0 Å². The van der Waals surface area contributed by atoms with Crippen LogP contribution >= 0.6 is 0 Å². The number of anilines is 3. The van der Waals surface area contributed by atoms with Gasteiger partial charge in [0.15, 0.2) is 11.5 Å². The number of carbonyl (C=O) groups excluding carboxylic acids is 1. The van der Waals surface area contributed by atoms with Gasteiger partial charge >= 0.3 is 0 Å². The van der Waals surface area contributed by atoms with Crippen LogP contribution in [0.1, 0.15) is 29.9 Å². The first kappa shape index (κ1) is 18.9. The van der Waals surface area contributed by atoms with Crippen molar-refractivity contribution in [2.75, 3.05) is 10.6 Å². The zero-order valence-electron chi connectivity index (χ0n) is 15.5. The molecule has 0 bridgehead atoms. The maximum atomic E-state index is 12.3. The van der Waals surface area contributed by atoms with E-state index in [9.17, 15) is 4.79 Å². The fourth-order valence-corrected chi connectivity index (χ4v) is 2.42. The molecule has 0 unspecified atom stereocenters. The van der Waals surface area contributed by atoms with Crippen LogP contribution in [0.3, 0.4) is 0 Å². The van der Waals surface area contributed by atoms with Crippen LogP contribution < -0.4 is 15.4 Å². The number of nitrogens with one attached hydrogen (secondary N) is 2. The summed E-state index contributed by atoms with van der Waals surface area (Å²) in [6.07, 6.45) is 0.0882. The molecule has 1 aromatic heterocycles. The molecule has 2 N–H and O–H groups in total. The van der Waals surface area contributed by atoms with E-state index in [1.165, 1.54) is 0 Å². The first-order chi connectivity index (χ1) is 13.5. The average molecular weight is 373 g/mol. The lowest BCUT2D eigenvalue weighted by atomic mass is 10.2. The molecule has 1 heterocycles. The van der Waals surface area contributed by atoms with Crippen molar-refractivity contribution in [1.29, 1.82) is 5.26 Å². The monoisotopic (exact) mass is 373 g/mol. The van der Waals surface area contributed by atoms with Crippen molar-refractivity contribution >= 4 is 23.1 Å². The minimum atomic E-state index is -0.358. The molecule has 0 fully saturated rings. The van der Waals surface area contributed by atoms with Crippen molar-refractivity contribution in [3.05, 3.63) is 71.9 Å². The SMILES string of the molecule is CC(C)Oc1ccc(NC(=O)c2ccc(Nc3cccc(C#N)c3)nn2)cc1. The Kier molecular flexibility index (Phi) is 5.82. The van der Waals surface area contributed by atoms with Crippen molar-refractivity contribution in [2.24, 2.45) is 0 Å². The minimum absolute atomic E-state index is 0.0882. The molecule has 140 valence electrons. The molecule has 0 saturated carbocycles. The van der Waals surface area contributed by atoms with Gasteiger partial charge in [-0.1, -0.05) is 6.07 Å². The molecule has 0 aliphatic rings. The number of nitriles is 1. The zero-order chi connectivity index (χ0) is 19.9. The van der Waals surface area contributed by atoms with Crippen LogP contribution in [0.4, 0.5) is 17.2 Å². The first-order valence-electron chi connectivity index (χ1n) is 8.72. The number of nitrogens with zero attached hydrogens (tertiary/aromatic N) is 3. The first-order valence-corrected chi connectivity index (χ1v) is 8.72. The number of carbonyl (C=O) groups is 1. The summed E-state index contributed by atoms with van der Waals surface area (Å²) in [5.41, 5.74) is 2.09. The zero-order valence-corrected chi connectivity index (χ0v) is 15.5. The van der Waals surface area contributed by atoms with Gasteiger partial charge in [0, 0.05) is 11.4 Å². The quantitative estimate of drug-likeness (QED) is 0.674. The molecular weight excluding hydrogens is 354 g/mol. The van der Waals surface area contributed by atoms with Crippen molar-refractivity contribution in [2.45, 2.75) is 20.0 Å². The van der Waals surface area contributed by atoms with Gasteiger partial charge in [-0.3, -0.25) is 4.79 Å². The molecule has 0 atom stereocenters. The lowest BCUT2D eigenvalue weighted by Crippen LogP contribution is -2.14. The Bertz CT molecular complexity index is 993. The smallest absolute Gasteiger partial charge is 0.276 e. The van der Waals surface area contributed by atoms with Gasteiger partial charge < -0.3 is 15.4 Å². The predicted octanol–water partition coefficient (Wildman–Crippen LogP) is 4.13. The molecule has 3 rings (SSSR count). The number of ether oxygens (including phenoxy) is 1. The molecule has 0 spiro atoms. The number of amides is 1. The third kappa shape index (κ3) is 5.05. The second kappa shape index (κ2) is 8.64. The van der Waals surface area contributed by atoms with Gasteiger partial charge in [-0.05, 0) is 68.4 Å². The fourth-order valence-electron chi connectivity index (χ4n) is 2.42. The summed E-state index contributed by atoms with van der Waals surface area (Å²) in [7, 11) is 0. The molecule has 2 aromatic carbocycles. The van der Waals surface area contributed by atoms with Gasteiger partial charge in [0.1, 0.15) is 5.75 Å². The lowest BCUT2D eigenvalue weighted by Gasteiger charge is -2.10. The van der Waals surface area contributed by atoms with E-state index in [4.69, 9.17) is 10.00 Å². The van der Waals surface area contributed by atoms with E-state index in [0.717, 1.165) is 5.75 Å². The summed E-state index contributed by atoms with van der Waals surface area (Å²) in [4.78, 5) is 12.3. The van der Waals surface area contributed by atoms with E-state index in [1.807, 2.05) is 19.9 Å². The summed E-state index contributed by atoms with van der Waals surface area (Å²) in [5.74, 6) is 0.855. The van der Waals surface area contributed by atoms with Gasteiger partial charge in [0.2, 0.25) is 0 Å². The minimum Gasteiger partial charge on any atom is -0.491 e. The Labute approximate surface area is 163 Å². The summed E-state index contributed by atoms with van der Waals surface area (Å²) >= 11 is 0. The highest BCUT2D eigenvalue weighted by molar-refractivity contribution is 6.02. The molecule has 7 nitrogen and oxygen atoms in total. The maximum Gasteiger partial charge on any atom is 0.276 e. The average Bonchev–Trinajstić information content (AvgIpc) is 2.70. The molecule has 0 aliphatic carbocycles. The predicted molar refractivity (Wildman–Crippen MR) is 107 cm³/mol. The van der Waals surface area contributed by atoms with Gasteiger partial charge in [0.25, 0.3) is 5.91 Å².